The highest BCUT2D eigenvalue weighted by molar-refractivity contribution is 7.99. The molecule has 0 radical (unpaired) electrons. The van der Waals surface area contributed by atoms with Crippen molar-refractivity contribution in [2.45, 2.75) is 36.9 Å². The minimum Gasteiger partial charge on any atom is -0.376 e. The Hall–Kier alpha value is -2.71. The Balaban J connectivity index is 1.45. The zero-order valence-corrected chi connectivity index (χ0v) is 18.0. The van der Waals surface area contributed by atoms with Gasteiger partial charge in [0.05, 0.1) is 11.9 Å². The van der Waals surface area contributed by atoms with Gasteiger partial charge in [-0.1, -0.05) is 42.1 Å². The lowest BCUT2D eigenvalue weighted by molar-refractivity contribution is -0.119. The first kappa shape index (κ1) is 21.5. The van der Waals surface area contributed by atoms with Crippen molar-refractivity contribution >= 4 is 17.7 Å². The lowest BCUT2D eigenvalue weighted by Crippen LogP contribution is -2.32. The second-order valence-corrected chi connectivity index (χ2v) is 8.37. The smallest absolute Gasteiger partial charge is 0.230 e. The molecule has 1 amide bonds. The first-order chi connectivity index (χ1) is 15.2. The van der Waals surface area contributed by atoms with Crippen LogP contribution in [-0.4, -0.2) is 45.7 Å². The van der Waals surface area contributed by atoms with Gasteiger partial charge >= 0.3 is 0 Å². The van der Waals surface area contributed by atoms with Crippen LogP contribution in [0, 0.1) is 5.82 Å². The number of thioether (sulfide) groups is 1. The van der Waals surface area contributed by atoms with Crippen LogP contribution >= 0.6 is 11.8 Å². The summed E-state index contributed by atoms with van der Waals surface area (Å²) in [5.41, 5.74) is 1.98. The first-order valence-electron chi connectivity index (χ1n) is 10.4. The van der Waals surface area contributed by atoms with Crippen molar-refractivity contribution < 1.29 is 13.9 Å². The second-order valence-electron chi connectivity index (χ2n) is 7.42. The van der Waals surface area contributed by atoms with E-state index in [9.17, 15) is 9.18 Å². The average molecular weight is 441 g/mol. The highest BCUT2D eigenvalue weighted by atomic mass is 32.2. The van der Waals surface area contributed by atoms with Crippen molar-refractivity contribution in [3.63, 3.8) is 0 Å². The summed E-state index contributed by atoms with van der Waals surface area (Å²) in [7, 11) is 0. The van der Waals surface area contributed by atoms with Crippen LogP contribution in [0.2, 0.25) is 0 Å². The predicted octanol–water partition coefficient (Wildman–Crippen LogP) is 3.58. The normalized spacial score (nSPS) is 15.8. The number of nitrogens with zero attached hydrogens (tertiary/aromatic N) is 3. The zero-order valence-electron chi connectivity index (χ0n) is 17.2. The Morgan fingerprint density at radius 1 is 1.13 bits per heavy atom. The van der Waals surface area contributed by atoms with E-state index in [1.165, 1.54) is 29.5 Å². The van der Waals surface area contributed by atoms with Gasteiger partial charge in [-0.15, -0.1) is 10.2 Å². The minimum absolute atomic E-state index is 0.0695. The van der Waals surface area contributed by atoms with Crippen LogP contribution in [0.5, 0.6) is 0 Å². The van der Waals surface area contributed by atoms with E-state index in [2.05, 4.69) is 27.6 Å². The summed E-state index contributed by atoms with van der Waals surface area (Å²) in [6.45, 7) is 1.30. The second kappa shape index (κ2) is 10.5. The molecule has 1 aromatic heterocycles. The lowest BCUT2D eigenvalue weighted by atomic mass is 10.1. The summed E-state index contributed by atoms with van der Waals surface area (Å²) >= 11 is 1.32. The summed E-state index contributed by atoms with van der Waals surface area (Å²) in [4.78, 5) is 12.3. The SMILES string of the molecule is O=C(CSc1nnc(CCc2ccccc2)n1-c1ccc(F)cc1)NC[C@@H]1CCCO1. The van der Waals surface area contributed by atoms with Crippen molar-refractivity contribution in [2.24, 2.45) is 0 Å². The fourth-order valence-corrected chi connectivity index (χ4v) is 4.32. The monoisotopic (exact) mass is 440 g/mol. The number of aryl methyl sites for hydroxylation is 2. The van der Waals surface area contributed by atoms with Gasteiger partial charge < -0.3 is 10.1 Å². The molecule has 31 heavy (non-hydrogen) atoms. The van der Waals surface area contributed by atoms with Crippen molar-refractivity contribution in [3.05, 3.63) is 71.8 Å². The maximum Gasteiger partial charge on any atom is 0.230 e. The number of nitrogens with one attached hydrogen (secondary N) is 1. The van der Waals surface area contributed by atoms with Gasteiger partial charge in [-0.3, -0.25) is 9.36 Å². The summed E-state index contributed by atoms with van der Waals surface area (Å²) in [6.07, 6.45) is 3.63. The quantitative estimate of drug-likeness (QED) is 0.515. The molecule has 0 bridgehead atoms. The number of amides is 1. The molecule has 2 heterocycles. The molecule has 0 unspecified atom stereocenters. The Bertz CT molecular complexity index is 989. The van der Waals surface area contributed by atoms with E-state index in [1.54, 1.807) is 12.1 Å². The lowest BCUT2D eigenvalue weighted by Gasteiger charge is -2.12. The summed E-state index contributed by atoms with van der Waals surface area (Å²) < 4.78 is 20.9. The van der Waals surface area contributed by atoms with Gasteiger partial charge in [0.15, 0.2) is 5.16 Å². The molecular formula is C23H25FN4O2S. The fourth-order valence-electron chi connectivity index (χ4n) is 3.52. The molecule has 3 aromatic rings. The number of rotatable bonds is 9. The fraction of sp³-hybridized carbons (Fsp3) is 0.348. The van der Waals surface area contributed by atoms with Gasteiger partial charge in [0.2, 0.25) is 5.91 Å². The maximum absolute atomic E-state index is 13.5. The molecule has 6 nitrogen and oxygen atoms in total. The molecule has 1 aliphatic rings. The van der Waals surface area contributed by atoms with Gasteiger partial charge in [0.25, 0.3) is 0 Å². The van der Waals surface area contributed by atoms with Gasteiger partial charge in [-0.25, -0.2) is 4.39 Å². The largest absolute Gasteiger partial charge is 0.376 e. The van der Waals surface area contributed by atoms with Crippen molar-refractivity contribution in [1.82, 2.24) is 20.1 Å². The van der Waals surface area contributed by atoms with Crippen LogP contribution < -0.4 is 5.32 Å². The summed E-state index contributed by atoms with van der Waals surface area (Å²) in [5.74, 6) is 0.633. The third-order valence-electron chi connectivity index (χ3n) is 5.15. The third-order valence-corrected chi connectivity index (χ3v) is 6.08. The molecule has 1 saturated heterocycles. The average Bonchev–Trinajstić information content (AvgIpc) is 3.46. The molecule has 4 rings (SSSR count). The number of hydrogen-bond acceptors (Lipinski definition) is 5. The van der Waals surface area contributed by atoms with E-state index in [4.69, 9.17) is 4.74 Å². The Morgan fingerprint density at radius 3 is 2.68 bits per heavy atom. The van der Waals surface area contributed by atoms with Crippen molar-refractivity contribution in [3.8, 4) is 5.69 Å². The number of aromatic nitrogens is 3. The molecule has 1 fully saturated rings. The number of carbonyl (C=O) groups is 1. The summed E-state index contributed by atoms with van der Waals surface area (Å²) in [5, 5.41) is 12.2. The maximum atomic E-state index is 13.5. The van der Waals surface area contributed by atoms with Gasteiger partial charge in [0.1, 0.15) is 11.6 Å². The van der Waals surface area contributed by atoms with Crippen LogP contribution in [0.1, 0.15) is 24.2 Å². The van der Waals surface area contributed by atoms with Gasteiger partial charge in [-0.05, 0) is 49.1 Å². The number of carbonyl (C=O) groups excluding carboxylic acids is 1. The van der Waals surface area contributed by atoms with Crippen LogP contribution in [0.3, 0.4) is 0 Å². The van der Waals surface area contributed by atoms with E-state index in [0.717, 1.165) is 37.4 Å². The zero-order chi connectivity index (χ0) is 21.5. The van der Waals surface area contributed by atoms with E-state index in [-0.39, 0.29) is 23.6 Å². The molecule has 1 atom stereocenters. The Kier molecular flexibility index (Phi) is 7.32. The third kappa shape index (κ3) is 5.92. The first-order valence-corrected chi connectivity index (χ1v) is 11.4. The molecule has 1 aliphatic heterocycles. The van der Waals surface area contributed by atoms with Gasteiger partial charge in [-0.2, -0.15) is 0 Å². The molecule has 0 saturated carbocycles. The Morgan fingerprint density at radius 2 is 1.94 bits per heavy atom. The number of ether oxygens (including phenoxy) is 1. The van der Waals surface area contributed by atoms with E-state index in [0.29, 0.717) is 18.1 Å². The topological polar surface area (TPSA) is 69.0 Å². The van der Waals surface area contributed by atoms with E-state index in [1.807, 2.05) is 22.8 Å². The van der Waals surface area contributed by atoms with Crippen LogP contribution in [0.15, 0.2) is 59.8 Å². The van der Waals surface area contributed by atoms with Crippen molar-refractivity contribution in [1.29, 1.82) is 0 Å². The highest BCUT2D eigenvalue weighted by Gasteiger charge is 2.18. The van der Waals surface area contributed by atoms with Crippen LogP contribution in [0.25, 0.3) is 5.69 Å². The minimum atomic E-state index is -0.301. The molecule has 1 N–H and O–H groups in total. The van der Waals surface area contributed by atoms with Crippen LogP contribution in [0.4, 0.5) is 4.39 Å². The van der Waals surface area contributed by atoms with Gasteiger partial charge in [0, 0.05) is 25.3 Å². The summed E-state index contributed by atoms with van der Waals surface area (Å²) in [6, 6.07) is 16.4. The number of benzene rings is 2. The number of halogens is 1. The van der Waals surface area contributed by atoms with E-state index < -0.39 is 0 Å². The molecule has 8 heteroatoms. The molecule has 162 valence electrons. The highest BCUT2D eigenvalue weighted by Crippen LogP contribution is 2.23. The molecular weight excluding hydrogens is 415 g/mol. The van der Waals surface area contributed by atoms with Crippen molar-refractivity contribution in [2.75, 3.05) is 18.9 Å². The molecule has 0 spiro atoms. The molecule has 0 aliphatic carbocycles. The van der Waals surface area contributed by atoms with E-state index >= 15 is 0 Å². The molecule has 2 aromatic carbocycles. The standard InChI is InChI=1S/C23H25FN4O2S/c24-18-9-11-19(12-10-18)28-21(13-8-17-5-2-1-3-6-17)26-27-23(28)31-16-22(29)25-15-20-7-4-14-30-20/h1-3,5-6,9-12,20H,4,7-8,13-16H2,(H,25,29)/t20-/m0/s1. The Labute approximate surface area is 185 Å². The van der Waals surface area contributed by atoms with Crippen LogP contribution in [-0.2, 0) is 22.4 Å². The number of hydrogen-bond donors (Lipinski definition) is 1. The predicted molar refractivity (Wildman–Crippen MR) is 118 cm³/mol.